The largest absolute Gasteiger partial charge is 0.395 e. The summed E-state index contributed by atoms with van der Waals surface area (Å²) in [7, 11) is 0. The van der Waals surface area contributed by atoms with Crippen molar-refractivity contribution in [3.8, 4) is 0 Å². The van der Waals surface area contributed by atoms with Crippen molar-refractivity contribution in [1.29, 1.82) is 0 Å². The van der Waals surface area contributed by atoms with Crippen molar-refractivity contribution >= 4 is 0 Å². The Kier molecular flexibility index (Phi) is 5.91. The van der Waals surface area contributed by atoms with E-state index < -0.39 is 0 Å². The second kappa shape index (κ2) is 6.99. The summed E-state index contributed by atoms with van der Waals surface area (Å²) in [6, 6.07) is 0.206. The lowest BCUT2D eigenvalue weighted by Gasteiger charge is -2.32. The zero-order chi connectivity index (χ0) is 11.1. The Morgan fingerprint density at radius 2 is 2.00 bits per heavy atom. The molecule has 15 heavy (non-hydrogen) atoms. The van der Waals surface area contributed by atoms with Crippen LogP contribution in [0.2, 0.25) is 0 Å². The highest BCUT2D eigenvalue weighted by Crippen LogP contribution is 2.22. The second-order valence-corrected chi connectivity index (χ2v) is 4.28. The highest BCUT2D eigenvalue weighted by molar-refractivity contribution is 4.85. The third kappa shape index (κ3) is 3.93. The van der Waals surface area contributed by atoms with Crippen molar-refractivity contribution in [3.05, 3.63) is 12.7 Å². The van der Waals surface area contributed by atoms with E-state index in [0.717, 1.165) is 25.8 Å². The Morgan fingerprint density at radius 1 is 1.27 bits per heavy atom. The van der Waals surface area contributed by atoms with E-state index in [2.05, 4.69) is 11.5 Å². The van der Waals surface area contributed by atoms with Crippen LogP contribution >= 0.6 is 0 Å². The molecular formula is C12H23NO2. The first-order valence-electron chi connectivity index (χ1n) is 5.93. The van der Waals surface area contributed by atoms with Gasteiger partial charge in [0, 0.05) is 19.1 Å². The van der Waals surface area contributed by atoms with E-state index >= 15 is 0 Å². The molecule has 2 atom stereocenters. The SMILES string of the molecule is C=CCN(CCO)C1CCCCCC1O. The number of nitrogens with zero attached hydrogens (tertiary/aromatic N) is 1. The molecule has 1 saturated carbocycles. The minimum Gasteiger partial charge on any atom is -0.395 e. The fraction of sp³-hybridized carbons (Fsp3) is 0.833. The van der Waals surface area contributed by atoms with Crippen LogP contribution in [-0.4, -0.2) is 47.0 Å². The van der Waals surface area contributed by atoms with Gasteiger partial charge in [-0.3, -0.25) is 4.90 Å². The van der Waals surface area contributed by atoms with E-state index in [1.165, 1.54) is 12.8 Å². The summed E-state index contributed by atoms with van der Waals surface area (Å²) in [5.41, 5.74) is 0. The van der Waals surface area contributed by atoms with E-state index in [0.29, 0.717) is 6.54 Å². The van der Waals surface area contributed by atoms with Crippen molar-refractivity contribution in [2.75, 3.05) is 19.7 Å². The van der Waals surface area contributed by atoms with E-state index in [-0.39, 0.29) is 18.8 Å². The lowest BCUT2D eigenvalue weighted by Crippen LogP contribution is -2.44. The summed E-state index contributed by atoms with van der Waals surface area (Å²) >= 11 is 0. The molecule has 1 fully saturated rings. The molecule has 0 aromatic heterocycles. The van der Waals surface area contributed by atoms with Gasteiger partial charge in [-0.05, 0) is 12.8 Å². The molecule has 0 aromatic carbocycles. The average Bonchev–Trinajstić information content (AvgIpc) is 2.43. The quantitative estimate of drug-likeness (QED) is 0.532. The van der Waals surface area contributed by atoms with Gasteiger partial charge in [0.2, 0.25) is 0 Å². The van der Waals surface area contributed by atoms with Crippen LogP contribution in [0.25, 0.3) is 0 Å². The molecule has 0 bridgehead atoms. The van der Waals surface area contributed by atoms with Crippen LogP contribution in [0.15, 0.2) is 12.7 Å². The number of hydrogen-bond donors (Lipinski definition) is 2. The fourth-order valence-corrected chi connectivity index (χ4v) is 2.38. The molecule has 3 heteroatoms. The summed E-state index contributed by atoms with van der Waals surface area (Å²) in [5, 5.41) is 19.0. The first-order chi connectivity index (χ1) is 7.29. The lowest BCUT2D eigenvalue weighted by molar-refractivity contribution is 0.0416. The maximum absolute atomic E-state index is 10.0. The Balaban J connectivity index is 2.56. The van der Waals surface area contributed by atoms with Gasteiger partial charge in [-0.25, -0.2) is 0 Å². The molecule has 3 nitrogen and oxygen atoms in total. The van der Waals surface area contributed by atoms with Gasteiger partial charge >= 0.3 is 0 Å². The first-order valence-corrected chi connectivity index (χ1v) is 5.93. The Morgan fingerprint density at radius 3 is 2.67 bits per heavy atom. The predicted molar refractivity (Wildman–Crippen MR) is 61.7 cm³/mol. The van der Waals surface area contributed by atoms with Gasteiger partial charge < -0.3 is 10.2 Å². The first kappa shape index (κ1) is 12.7. The van der Waals surface area contributed by atoms with Crippen molar-refractivity contribution in [2.24, 2.45) is 0 Å². The van der Waals surface area contributed by atoms with Gasteiger partial charge in [-0.1, -0.05) is 25.3 Å². The number of aliphatic hydroxyl groups is 2. The van der Waals surface area contributed by atoms with Crippen molar-refractivity contribution in [1.82, 2.24) is 4.90 Å². The van der Waals surface area contributed by atoms with E-state index in [4.69, 9.17) is 5.11 Å². The standard InChI is InChI=1S/C12H23NO2/c1-2-8-13(9-10-14)11-6-4-3-5-7-12(11)15/h2,11-12,14-15H,1,3-10H2. The molecule has 1 aliphatic carbocycles. The summed E-state index contributed by atoms with van der Waals surface area (Å²) < 4.78 is 0. The summed E-state index contributed by atoms with van der Waals surface area (Å²) in [6.45, 7) is 5.26. The minimum absolute atomic E-state index is 0.150. The lowest BCUT2D eigenvalue weighted by atomic mass is 10.0. The van der Waals surface area contributed by atoms with Gasteiger partial charge in [-0.15, -0.1) is 6.58 Å². The number of aliphatic hydroxyl groups excluding tert-OH is 2. The Labute approximate surface area is 92.4 Å². The van der Waals surface area contributed by atoms with Crippen molar-refractivity contribution < 1.29 is 10.2 Å². The molecule has 0 radical (unpaired) electrons. The molecule has 2 N–H and O–H groups in total. The molecule has 0 saturated heterocycles. The van der Waals surface area contributed by atoms with Gasteiger partial charge in [0.25, 0.3) is 0 Å². The zero-order valence-electron chi connectivity index (χ0n) is 9.44. The molecule has 0 heterocycles. The average molecular weight is 213 g/mol. The third-order valence-electron chi connectivity index (χ3n) is 3.16. The molecule has 1 rings (SSSR count). The minimum atomic E-state index is -0.237. The highest BCUT2D eigenvalue weighted by atomic mass is 16.3. The van der Waals surface area contributed by atoms with Crippen LogP contribution in [0.5, 0.6) is 0 Å². The fourth-order valence-electron chi connectivity index (χ4n) is 2.38. The van der Waals surface area contributed by atoms with Crippen molar-refractivity contribution in [3.63, 3.8) is 0 Å². The van der Waals surface area contributed by atoms with Crippen LogP contribution < -0.4 is 0 Å². The van der Waals surface area contributed by atoms with Crippen LogP contribution in [0.3, 0.4) is 0 Å². The molecule has 0 spiro atoms. The smallest absolute Gasteiger partial charge is 0.0695 e. The normalized spacial score (nSPS) is 27.7. The molecule has 2 unspecified atom stereocenters. The molecule has 0 amide bonds. The van der Waals surface area contributed by atoms with Crippen LogP contribution in [0.1, 0.15) is 32.1 Å². The van der Waals surface area contributed by atoms with E-state index in [1.54, 1.807) is 0 Å². The summed E-state index contributed by atoms with van der Waals surface area (Å²) in [5.74, 6) is 0. The van der Waals surface area contributed by atoms with Gasteiger partial charge in [0.15, 0.2) is 0 Å². The van der Waals surface area contributed by atoms with Gasteiger partial charge in [0.1, 0.15) is 0 Å². The van der Waals surface area contributed by atoms with E-state index in [9.17, 15) is 5.11 Å². The number of hydrogen-bond acceptors (Lipinski definition) is 3. The monoisotopic (exact) mass is 213 g/mol. The molecule has 0 aromatic rings. The second-order valence-electron chi connectivity index (χ2n) is 4.28. The molecule has 0 aliphatic heterocycles. The molecule has 88 valence electrons. The topological polar surface area (TPSA) is 43.7 Å². The van der Waals surface area contributed by atoms with Crippen LogP contribution in [-0.2, 0) is 0 Å². The van der Waals surface area contributed by atoms with Crippen LogP contribution in [0, 0.1) is 0 Å². The van der Waals surface area contributed by atoms with Gasteiger partial charge in [-0.2, -0.15) is 0 Å². The third-order valence-corrected chi connectivity index (χ3v) is 3.16. The molecular weight excluding hydrogens is 190 g/mol. The van der Waals surface area contributed by atoms with Gasteiger partial charge in [0.05, 0.1) is 12.7 Å². The number of rotatable bonds is 5. The Hall–Kier alpha value is -0.380. The summed E-state index contributed by atoms with van der Waals surface area (Å²) in [6.07, 6.45) is 7.05. The van der Waals surface area contributed by atoms with Crippen LogP contribution in [0.4, 0.5) is 0 Å². The van der Waals surface area contributed by atoms with E-state index in [1.807, 2.05) is 6.08 Å². The zero-order valence-corrected chi connectivity index (χ0v) is 9.44. The Bertz CT molecular complexity index is 184. The van der Waals surface area contributed by atoms with Crippen molar-refractivity contribution in [2.45, 2.75) is 44.2 Å². The maximum atomic E-state index is 10.0. The maximum Gasteiger partial charge on any atom is 0.0695 e. The summed E-state index contributed by atoms with van der Waals surface area (Å²) in [4.78, 5) is 2.14. The predicted octanol–water partition coefficient (Wildman–Crippen LogP) is 1.16. The highest BCUT2D eigenvalue weighted by Gasteiger charge is 2.26. The molecule has 1 aliphatic rings.